The number of aryl methyl sites for hydroxylation is 1. The Balaban J connectivity index is 1.97. The molecule has 0 amide bonds. The van der Waals surface area contributed by atoms with Crippen LogP contribution in [0.4, 0.5) is 0 Å². The van der Waals surface area contributed by atoms with Gasteiger partial charge in [-0.25, -0.2) is 4.98 Å². The third kappa shape index (κ3) is 3.04. The maximum atomic E-state index is 11.1. The number of hydrogen-bond acceptors (Lipinski definition) is 4. The van der Waals surface area contributed by atoms with Crippen molar-refractivity contribution in [3.63, 3.8) is 0 Å². The molecule has 2 heterocycles. The molecule has 4 nitrogen and oxygen atoms in total. The highest BCUT2D eigenvalue weighted by Gasteiger charge is 2.30. The van der Waals surface area contributed by atoms with Gasteiger partial charge in [0.15, 0.2) is 0 Å². The molecule has 17 heavy (non-hydrogen) atoms. The molecule has 0 radical (unpaired) electrons. The van der Waals surface area contributed by atoms with Crippen molar-refractivity contribution in [3.05, 3.63) is 16.1 Å². The molecule has 94 valence electrons. The molecule has 0 bridgehead atoms. The number of nitrogens with zero attached hydrogens (tertiary/aromatic N) is 2. The van der Waals surface area contributed by atoms with E-state index in [1.54, 1.807) is 11.3 Å². The van der Waals surface area contributed by atoms with Crippen LogP contribution in [-0.4, -0.2) is 33.5 Å². The Morgan fingerprint density at radius 1 is 1.71 bits per heavy atom. The summed E-state index contributed by atoms with van der Waals surface area (Å²) in [7, 11) is 0. The molecule has 1 aromatic rings. The maximum absolute atomic E-state index is 11.1. The fraction of sp³-hybridized carbons (Fsp3) is 0.667. The van der Waals surface area contributed by atoms with Crippen LogP contribution in [0.15, 0.2) is 5.38 Å². The third-order valence-electron chi connectivity index (χ3n) is 3.08. The monoisotopic (exact) mass is 254 g/mol. The van der Waals surface area contributed by atoms with Crippen LogP contribution in [0.3, 0.4) is 0 Å². The molecule has 1 aromatic heterocycles. The Labute approximate surface area is 105 Å². The number of thiazole rings is 1. The normalized spacial score (nSPS) is 20.9. The van der Waals surface area contributed by atoms with E-state index >= 15 is 0 Å². The summed E-state index contributed by atoms with van der Waals surface area (Å²) in [5, 5.41) is 12.3. The van der Waals surface area contributed by atoms with Crippen LogP contribution in [0.2, 0.25) is 0 Å². The number of carbonyl (C=O) groups is 1. The number of aliphatic carboxylic acids is 1. The molecular formula is C12H18N2O2S. The van der Waals surface area contributed by atoms with Gasteiger partial charge in [0.1, 0.15) is 6.04 Å². The Morgan fingerprint density at radius 3 is 3.24 bits per heavy atom. The highest BCUT2D eigenvalue weighted by atomic mass is 32.1. The Kier molecular flexibility index (Phi) is 4.12. The molecule has 1 N–H and O–H groups in total. The molecule has 5 heteroatoms. The van der Waals surface area contributed by atoms with Crippen molar-refractivity contribution in [2.75, 3.05) is 6.54 Å². The van der Waals surface area contributed by atoms with Gasteiger partial charge in [-0.15, -0.1) is 11.3 Å². The summed E-state index contributed by atoms with van der Waals surface area (Å²) >= 11 is 1.68. The second-order valence-electron chi connectivity index (χ2n) is 4.45. The lowest BCUT2D eigenvalue weighted by Crippen LogP contribution is -2.35. The molecule has 1 saturated heterocycles. The van der Waals surface area contributed by atoms with Crippen molar-refractivity contribution in [2.45, 2.75) is 45.2 Å². The Hall–Kier alpha value is -0.940. The van der Waals surface area contributed by atoms with Crippen LogP contribution in [0.5, 0.6) is 0 Å². The zero-order valence-electron chi connectivity index (χ0n) is 10.1. The van der Waals surface area contributed by atoms with Gasteiger partial charge in [-0.05, 0) is 32.2 Å². The molecule has 1 atom stereocenters. The van der Waals surface area contributed by atoms with E-state index in [0.717, 1.165) is 42.9 Å². The van der Waals surface area contributed by atoms with Crippen molar-refractivity contribution >= 4 is 17.3 Å². The molecular weight excluding hydrogens is 236 g/mol. The van der Waals surface area contributed by atoms with Crippen molar-refractivity contribution in [1.29, 1.82) is 0 Å². The lowest BCUT2D eigenvalue weighted by molar-refractivity contribution is -0.142. The lowest BCUT2D eigenvalue weighted by atomic mass is 10.2. The minimum atomic E-state index is -0.702. The molecule has 2 rings (SSSR count). The molecule has 1 aliphatic heterocycles. The predicted octanol–water partition coefficient (Wildman–Crippen LogP) is 2.14. The standard InChI is InChI=1S/C12H18N2O2S/c1-2-4-11-13-9(8-17-11)7-14-6-3-5-10(14)12(15)16/h8,10H,2-7H2,1H3,(H,15,16). The van der Waals surface area contributed by atoms with Gasteiger partial charge in [-0.2, -0.15) is 0 Å². The van der Waals surface area contributed by atoms with Crippen LogP contribution < -0.4 is 0 Å². The minimum Gasteiger partial charge on any atom is -0.480 e. The van der Waals surface area contributed by atoms with Gasteiger partial charge >= 0.3 is 5.97 Å². The van der Waals surface area contributed by atoms with Crippen LogP contribution in [-0.2, 0) is 17.8 Å². The maximum Gasteiger partial charge on any atom is 0.320 e. The number of aromatic nitrogens is 1. The van der Waals surface area contributed by atoms with E-state index in [4.69, 9.17) is 5.11 Å². The van der Waals surface area contributed by atoms with E-state index in [2.05, 4.69) is 17.3 Å². The van der Waals surface area contributed by atoms with Gasteiger partial charge in [0.2, 0.25) is 0 Å². The predicted molar refractivity (Wildman–Crippen MR) is 67.2 cm³/mol. The van der Waals surface area contributed by atoms with Crippen molar-refractivity contribution in [3.8, 4) is 0 Å². The van der Waals surface area contributed by atoms with Crippen LogP contribution in [0.1, 0.15) is 36.9 Å². The zero-order chi connectivity index (χ0) is 12.3. The first-order chi connectivity index (χ1) is 8.20. The summed E-state index contributed by atoms with van der Waals surface area (Å²) in [6, 6.07) is -0.314. The first kappa shape index (κ1) is 12.5. The Bertz CT molecular complexity index is 392. The van der Waals surface area contributed by atoms with E-state index < -0.39 is 5.97 Å². The molecule has 0 saturated carbocycles. The summed E-state index contributed by atoms with van der Waals surface area (Å²) in [5.41, 5.74) is 1.02. The first-order valence-corrected chi connectivity index (χ1v) is 6.98. The average Bonchev–Trinajstić information content (AvgIpc) is 2.89. The van der Waals surface area contributed by atoms with E-state index in [0.29, 0.717) is 6.54 Å². The second-order valence-corrected chi connectivity index (χ2v) is 5.39. The summed E-state index contributed by atoms with van der Waals surface area (Å²) in [6.45, 7) is 3.69. The minimum absolute atomic E-state index is 0.314. The number of rotatable bonds is 5. The van der Waals surface area contributed by atoms with E-state index in [9.17, 15) is 4.79 Å². The number of carboxylic acids is 1. The van der Waals surface area contributed by atoms with E-state index in [1.807, 2.05) is 4.90 Å². The van der Waals surface area contributed by atoms with Crippen molar-refractivity contribution in [1.82, 2.24) is 9.88 Å². The van der Waals surface area contributed by atoms with Gasteiger partial charge in [0.25, 0.3) is 0 Å². The summed E-state index contributed by atoms with van der Waals surface area (Å²) in [6.07, 6.45) is 3.87. The van der Waals surface area contributed by atoms with Crippen LogP contribution >= 0.6 is 11.3 Å². The number of hydrogen-bond donors (Lipinski definition) is 1. The Morgan fingerprint density at radius 2 is 2.53 bits per heavy atom. The molecule has 1 fully saturated rings. The smallest absolute Gasteiger partial charge is 0.320 e. The number of likely N-dealkylation sites (tertiary alicyclic amines) is 1. The molecule has 0 spiro atoms. The lowest BCUT2D eigenvalue weighted by Gasteiger charge is -2.19. The quantitative estimate of drug-likeness (QED) is 0.874. The topological polar surface area (TPSA) is 53.4 Å². The summed E-state index contributed by atoms with van der Waals surface area (Å²) in [4.78, 5) is 17.6. The van der Waals surface area contributed by atoms with E-state index in [1.165, 1.54) is 0 Å². The first-order valence-electron chi connectivity index (χ1n) is 6.11. The fourth-order valence-corrected chi connectivity index (χ4v) is 3.14. The van der Waals surface area contributed by atoms with Crippen LogP contribution in [0, 0.1) is 0 Å². The van der Waals surface area contributed by atoms with Gasteiger partial charge in [-0.3, -0.25) is 9.69 Å². The van der Waals surface area contributed by atoms with Gasteiger partial charge in [0.05, 0.1) is 10.7 Å². The fourth-order valence-electron chi connectivity index (χ4n) is 2.25. The third-order valence-corrected chi connectivity index (χ3v) is 4.03. The van der Waals surface area contributed by atoms with E-state index in [-0.39, 0.29) is 6.04 Å². The molecule has 1 aliphatic rings. The number of carboxylic acid groups (broad SMARTS) is 1. The molecule has 1 unspecified atom stereocenters. The van der Waals surface area contributed by atoms with Crippen molar-refractivity contribution < 1.29 is 9.90 Å². The van der Waals surface area contributed by atoms with Gasteiger partial charge in [0, 0.05) is 11.9 Å². The highest BCUT2D eigenvalue weighted by molar-refractivity contribution is 7.09. The average molecular weight is 254 g/mol. The zero-order valence-corrected chi connectivity index (χ0v) is 10.9. The van der Waals surface area contributed by atoms with Crippen LogP contribution in [0.25, 0.3) is 0 Å². The van der Waals surface area contributed by atoms with Crippen molar-refractivity contribution in [2.24, 2.45) is 0 Å². The second kappa shape index (κ2) is 5.60. The summed E-state index contributed by atoms with van der Waals surface area (Å²) < 4.78 is 0. The highest BCUT2D eigenvalue weighted by Crippen LogP contribution is 2.21. The SMILES string of the molecule is CCCc1nc(CN2CCCC2C(=O)O)cs1. The largest absolute Gasteiger partial charge is 0.480 e. The van der Waals surface area contributed by atoms with Gasteiger partial charge in [-0.1, -0.05) is 6.92 Å². The molecule has 0 aromatic carbocycles. The van der Waals surface area contributed by atoms with Gasteiger partial charge < -0.3 is 5.11 Å². The summed E-state index contributed by atoms with van der Waals surface area (Å²) in [5.74, 6) is -0.702. The molecule has 0 aliphatic carbocycles.